The van der Waals surface area contributed by atoms with Crippen molar-refractivity contribution < 1.29 is 54.2 Å². The van der Waals surface area contributed by atoms with Gasteiger partial charge in [-0.1, -0.05) is 19.8 Å². The van der Waals surface area contributed by atoms with Crippen molar-refractivity contribution in [1.82, 2.24) is 4.90 Å². The molecule has 0 spiro atoms. The maximum atomic E-state index is 10.8. The summed E-state index contributed by atoms with van der Waals surface area (Å²) in [6, 6.07) is 0. The van der Waals surface area contributed by atoms with Gasteiger partial charge < -0.3 is 39.9 Å². The molecule has 3 unspecified atom stereocenters. The number of aliphatic hydroxyl groups is 4. The fourth-order valence-electron chi connectivity index (χ4n) is 1.95. The molecule has 0 aromatic carbocycles. The molecule has 182 valence electrons. The average molecular weight is 453 g/mol. The predicted molar refractivity (Wildman–Crippen MR) is 107 cm³/mol. The van der Waals surface area contributed by atoms with Crippen molar-refractivity contribution in [2.45, 2.75) is 64.3 Å². The summed E-state index contributed by atoms with van der Waals surface area (Å²) in [5.41, 5.74) is 0. The molecule has 1 aliphatic rings. The third kappa shape index (κ3) is 17.1. The van der Waals surface area contributed by atoms with Gasteiger partial charge in [0, 0.05) is 20.0 Å². The zero-order valence-electron chi connectivity index (χ0n) is 18.2. The Balaban J connectivity index is 0. The number of hydrogen-bond acceptors (Lipinski definition) is 10. The van der Waals surface area contributed by atoms with Crippen LogP contribution in [-0.4, -0.2) is 106 Å². The first kappa shape index (κ1) is 30.9. The maximum absolute atomic E-state index is 10.8. The number of unbranched alkanes of at least 4 members (excludes halogenated alkanes) is 1. The number of aliphatic hydroxyl groups excluding tert-OH is 4. The summed E-state index contributed by atoms with van der Waals surface area (Å²) in [7, 11) is 1.84. The van der Waals surface area contributed by atoms with Gasteiger partial charge >= 0.3 is 17.9 Å². The van der Waals surface area contributed by atoms with Crippen molar-refractivity contribution in [1.29, 1.82) is 0 Å². The van der Waals surface area contributed by atoms with Gasteiger partial charge in [-0.15, -0.1) is 0 Å². The molecule has 3 atom stereocenters. The number of ether oxygens (including phenoxy) is 2. The summed E-state index contributed by atoms with van der Waals surface area (Å²) >= 11 is 0. The summed E-state index contributed by atoms with van der Waals surface area (Å²) in [5.74, 6) is -2.64. The lowest BCUT2D eigenvalue weighted by Gasteiger charge is -2.15. The first-order chi connectivity index (χ1) is 14.5. The molecule has 1 amide bonds. The van der Waals surface area contributed by atoms with E-state index >= 15 is 0 Å². The van der Waals surface area contributed by atoms with E-state index in [1.165, 1.54) is 6.92 Å². The second-order valence-corrected chi connectivity index (χ2v) is 6.67. The van der Waals surface area contributed by atoms with Crippen LogP contribution in [0.15, 0.2) is 0 Å². The van der Waals surface area contributed by atoms with Crippen LogP contribution in [-0.2, 0) is 28.7 Å². The minimum Gasteiger partial charge on any atom is -0.479 e. The molecule has 0 aromatic rings. The number of nitrogens with zero attached hydrogens (tertiary/aromatic N) is 1. The monoisotopic (exact) mass is 453 g/mol. The van der Waals surface area contributed by atoms with Gasteiger partial charge in [0.25, 0.3) is 0 Å². The molecule has 12 heteroatoms. The van der Waals surface area contributed by atoms with E-state index in [1.807, 2.05) is 14.0 Å². The fraction of sp³-hybridized carbons (Fsp3) is 0.789. The Morgan fingerprint density at radius 2 is 1.81 bits per heavy atom. The predicted octanol–water partition coefficient (Wildman–Crippen LogP) is -1.33. The number of carboxylic acid groups (broad SMARTS) is 1. The number of rotatable bonds is 10. The van der Waals surface area contributed by atoms with E-state index in [2.05, 4.69) is 9.47 Å². The van der Waals surface area contributed by atoms with Crippen molar-refractivity contribution >= 4 is 23.8 Å². The average Bonchev–Trinajstić information content (AvgIpc) is 3.11. The molecule has 0 aromatic heterocycles. The van der Waals surface area contributed by atoms with E-state index in [0.29, 0.717) is 12.3 Å². The molecule has 1 saturated heterocycles. The number of esters is 2. The molecular formula is C19H35NO11. The van der Waals surface area contributed by atoms with Crippen LogP contribution in [0.4, 0.5) is 0 Å². The van der Waals surface area contributed by atoms with Crippen LogP contribution < -0.4 is 0 Å². The first-order valence-electron chi connectivity index (χ1n) is 9.90. The Morgan fingerprint density at radius 3 is 2.13 bits per heavy atom. The number of carboxylic acids is 1. The van der Waals surface area contributed by atoms with Gasteiger partial charge in [-0.3, -0.25) is 4.79 Å². The summed E-state index contributed by atoms with van der Waals surface area (Å²) in [6.07, 6.45) is 0.394. The van der Waals surface area contributed by atoms with Crippen LogP contribution in [0, 0.1) is 0 Å². The minimum atomic E-state index is -1.28. The van der Waals surface area contributed by atoms with E-state index in [1.54, 1.807) is 4.90 Å². The highest BCUT2D eigenvalue weighted by Crippen LogP contribution is 2.04. The molecule has 1 rings (SSSR count). The number of aliphatic carboxylic acids is 1. The van der Waals surface area contributed by atoms with E-state index in [0.717, 1.165) is 32.2 Å². The molecule has 5 N–H and O–H groups in total. The summed E-state index contributed by atoms with van der Waals surface area (Å²) in [6.45, 7) is 2.40. The fourth-order valence-corrected chi connectivity index (χ4v) is 1.95. The molecule has 1 aliphatic heterocycles. The Bertz CT molecular complexity index is 539. The second kappa shape index (κ2) is 18.5. The van der Waals surface area contributed by atoms with Gasteiger partial charge in [-0.05, 0) is 19.8 Å². The summed E-state index contributed by atoms with van der Waals surface area (Å²) in [4.78, 5) is 43.6. The highest BCUT2D eigenvalue weighted by molar-refractivity contribution is 5.77. The quantitative estimate of drug-likeness (QED) is 0.246. The lowest BCUT2D eigenvalue weighted by molar-refractivity contribution is -0.167. The third-order valence-corrected chi connectivity index (χ3v) is 3.81. The lowest BCUT2D eigenvalue weighted by Crippen LogP contribution is -2.31. The smallest absolute Gasteiger partial charge is 0.334 e. The number of carbonyl (C=O) groups is 4. The van der Waals surface area contributed by atoms with E-state index in [-0.39, 0.29) is 6.61 Å². The van der Waals surface area contributed by atoms with E-state index in [9.17, 15) is 19.2 Å². The van der Waals surface area contributed by atoms with Gasteiger partial charge in [0.1, 0.15) is 19.3 Å². The van der Waals surface area contributed by atoms with Crippen molar-refractivity contribution in [3.8, 4) is 0 Å². The molecule has 1 fully saturated rings. The zero-order valence-corrected chi connectivity index (χ0v) is 18.2. The number of hydrogen-bond donors (Lipinski definition) is 5. The Hall–Kier alpha value is -2.28. The summed E-state index contributed by atoms with van der Waals surface area (Å²) in [5, 5.41) is 42.6. The van der Waals surface area contributed by atoms with Crippen molar-refractivity contribution in [2.24, 2.45) is 0 Å². The van der Waals surface area contributed by atoms with Crippen molar-refractivity contribution in [2.75, 3.05) is 33.4 Å². The molecule has 1 heterocycles. The topological polar surface area (TPSA) is 191 Å². The number of likely N-dealkylation sites (tertiary alicyclic amines) is 1. The van der Waals surface area contributed by atoms with Gasteiger partial charge in [-0.2, -0.15) is 0 Å². The second-order valence-electron chi connectivity index (χ2n) is 6.67. The zero-order chi connectivity index (χ0) is 24.4. The van der Waals surface area contributed by atoms with E-state index < -0.39 is 49.4 Å². The van der Waals surface area contributed by atoms with Crippen molar-refractivity contribution in [3.05, 3.63) is 0 Å². The Morgan fingerprint density at radius 1 is 1.19 bits per heavy atom. The molecular weight excluding hydrogens is 418 g/mol. The molecule has 0 radical (unpaired) electrons. The minimum absolute atomic E-state index is 0.292. The third-order valence-electron chi connectivity index (χ3n) is 3.81. The number of amides is 1. The highest BCUT2D eigenvalue weighted by atomic mass is 16.6. The van der Waals surface area contributed by atoms with Gasteiger partial charge in [0.15, 0.2) is 12.2 Å². The SMILES string of the molecule is CC(O)C(=O)OCC(CO)OC(=O)CO.CCCCC(O)C(=O)O.CN1CCCC1=O. The molecule has 0 aliphatic carbocycles. The van der Waals surface area contributed by atoms with Crippen LogP contribution in [0.3, 0.4) is 0 Å². The summed E-state index contributed by atoms with van der Waals surface area (Å²) < 4.78 is 8.98. The van der Waals surface area contributed by atoms with E-state index in [4.69, 9.17) is 25.5 Å². The molecule has 12 nitrogen and oxygen atoms in total. The van der Waals surface area contributed by atoms with Crippen LogP contribution in [0.5, 0.6) is 0 Å². The highest BCUT2D eigenvalue weighted by Gasteiger charge is 2.17. The molecule has 0 saturated carbocycles. The number of carbonyl (C=O) groups excluding carboxylic acids is 3. The van der Waals surface area contributed by atoms with Crippen LogP contribution in [0.1, 0.15) is 46.0 Å². The van der Waals surface area contributed by atoms with Crippen LogP contribution in [0.2, 0.25) is 0 Å². The van der Waals surface area contributed by atoms with Gasteiger partial charge in [0.05, 0.1) is 6.61 Å². The molecule has 31 heavy (non-hydrogen) atoms. The van der Waals surface area contributed by atoms with Crippen LogP contribution >= 0.6 is 0 Å². The van der Waals surface area contributed by atoms with Gasteiger partial charge in [-0.25, -0.2) is 14.4 Å². The standard InChI is InChI=1S/C8H14O7.C6H12O3.C5H9NO/c1-5(11)8(13)14-4-6(2-9)15-7(12)3-10;1-2-3-4-5(7)6(8)9;1-6-4-2-3-5(6)7/h5-6,9-11H,2-4H2,1H3;5,7H,2-4H2,1H3,(H,8,9);2-4H2,1H3. The first-order valence-corrected chi connectivity index (χ1v) is 9.90. The Labute approximate surface area is 181 Å². The normalized spacial score (nSPS) is 15.5. The van der Waals surface area contributed by atoms with Crippen molar-refractivity contribution in [3.63, 3.8) is 0 Å². The molecule has 0 bridgehead atoms. The largest absolute Gasteiger partial charge is 0.479 e. The lowest BCUT2D eigenvalue weighted by atomic mass is 10.2. The maximum Gasteiger partial charge on any atom is 0.334 e. The van der Waals surface area contributed by atoms with Gasteiger partial charge in [0.2, 0.25) is 5.91 Å². The Kier molecular flexibility index (Phi) is 18.4. The van der Waals surface area contributed by atoms with Crippen LogP contribution in [0.25, 0.3) is 0 Å².